The van der Waals surface area contributed by atoms with Gasteiger partial charge in [0.25, 0.3) is 0 Å². The van der Waals surface area contributed by atoms with Crippen LogP contribution in [0, 0.1) is 0 Å². The average molecular weight is 264 g/mol. The van der Waals surface area contributed by atoms with E-state index in [0.29, 0.717) is 12.8 Å². The first-order chi connectivity index (χ1) is 7.62. The molecule has 0 aliphatic rings. The highest BCUT2D eigenvalue weighted by Gasteiger charge is 2.70. The zero-order valence-electron chi connectivity index (χ0n) is 9.78. The van der Waals surface area contributed by atoms with Crippen molar-refractivity contribution in [1.82, 2.24) is 0 Å². The molecule has 0 saturated carbocycles. The van der Waals surface area contributed by atoms with Gasteiger partial charge in [0.1, 0.15) is 0 Å². The molecule has 0 amide bonds. The fraction of sp³-hybridized carbons (Fsp3) is 1.00. The lowest BCUT2D eigenvalue weighted by atomic mass is 10.0. The van der Waals surface area contributed by atoms with Gasteiger partial charge in [0.05, 0.1) is 0 Å². The minimum atomic E-state index is -5.83. The van der Waals surface area contributed by atoms with E-state index in [1.807, 2.05) is 0 Å². The Labute approximate surface area is 96.8 Å². The summed E-state index contributed by atoms with van der Waals surface area (Å²) in [6.45, 7) is 2.59. The molecule has 104 valence electrons. The molecule has 17 heavy (non-hydrogen) atoms. The molecule has 0 aromatic rings. The van der Waals surface area contributed by atoms with E-state index in [-0.39, 0.29) is 6.42 Å². The summed E-state index contributed by atoms with van der Waals surface area (Å²) in [7, 11) is 0. The summed E-state index contributed by atoms with van der Waals surface area (Å²) in [5.41, 5.74) is 0. The van der Waals surface area contributed by atoms with Crippen molar-refractivity contribution in [1.29, 1.82) is 0 Å². The van der Waals surface area contributed by atoms with Crippen LogP contribution >= 0.6 is 0 Å². The molecule has 0 rings (SSSR count). The van der Waals surface area contributed by atoms with Crippen LogP contribution in [0.4, 0.5) is 22.0 Å². The number of unbranched alkanes of at least 4 members (excludes halogenated alkanes) is 2. The van der Waals surface area contributed by atoms with Crippen molar-refractivity contribution in [3.63, 3.8) is 0 Å². The molecular weight excluding hydrogens is 247 g/mol. The number of rotatable bonds is 7. The Morgan fingerprint density at radius 3 is 1.88 bits per heavy atom. The van der Waals surface area contributed by atoms with E-state index in [9.17, 15) is 27.1 Å². The third-order valence-electron chi connectivity index (χ3n) is 2.35. The summed E-state index contributed by atoms with van der Waals surface area (Å²) in [6.07, 6.45) is -5.45. The fourth-order valence-corrected chi connectivity index (χ4v) is 1.39. The second kappa shape index (κ2) is 5.95. The summed E-state index contributed by atoms with van der Waals surface area (Å²) in [6, 6.07) is 0. The lowest BCUT2D eigenvalue weighted by molar-refractivity contribution is -0.406. The average Bonchev–Trinajstić information content (AvgIpc) is 2.16. The van der Waals surface area contributed by atoms with Crippen LogP contribution in [0.2, 0.25) is 0 Å². The Morgan fingerprint density at radius 1 is 1.00 bits per heavy atom. The Hall–Kier alpha value is -0.430. The molecule has 0 bridgehead atoms. The lowest BCUT2D eigenvalue weighted by Crippen LogP contribution is -2.58. The van der Waals surface area contributed by atoms with Gasteiger partial charge in [-0.1, -0.05) is 19.8 Å². The van der Waals surface area contributed by atoms with E-state index in [4.69, 9.17) is 0 Å². The van der Waals surface area contributed by atoms with Gasteiger partial charge in [0, 0.05) is 13.0 Å². The maximum absolute atomic E-state index is 13.1. The molecule has 0 aromatic heterocycles. The van der Waals surface area contributed by atoms with E-state index in [2.05, 4.69) is 4.74 Å². The molecular formula is C10H17F5O2. The van der Waals surface area contributed by atoms with Crippen molar-refractivity contribution >= 4 is 0 Å². The zero-order valence-corrected chi connectivity index (χ0v) is 9.78. The standard InChI is InChI=1S/C10H17F5O2/c1-3-5-6-7-8(16,17-4-2)9(11,12)10(13,14)15/h16H,3-7H2,1-2H3. The van der Waals surface area contributed by atoms with Crippen molar-refractivity contribution in [2.45, 2.75) is 57.4 Å². The summed E-state index contributed by atoms with van der Waals surface area (Å²) in [5, 5.41) is 9.41. The molecule has 1 atom stereocenters. The van der Waals surface area contributed by atoms with Gasteiger partial charge >= 0.3 is 12.1 Å². The second-order valence-electron chi connectivity index (χ2n) is 3.75. The van der Waals surface area contributed by atoms with Gasteiger partial charge in [0.15, 0.2) is 0 Å². The number of hydrogen-bond acceptors (Lipinski definition) is 2. The SMILES string of the molecule is CCCCCC(O)(OCC)C(F)(F)C(F)(F)F. The highest BCUT2D eigenvalue weighted by Crippen LogP contribution is 2.46. The predicted molar refractivity (Wildman–Crippen MR) is 51.7 cm³/mol. The van der Waals surface area contributed by atoms with Gasteiger partial charge in [-0.3, -0.25) is 0 Å². The van der Waals surface area contributed by atoms with Crippen molar-refractivity contribution in [3.8, 4) is 0 Å². The summed E-state index contributed by atoms with van der Waals surface area (Å²) < 4.78 is 67.0. The number of aliphatic hydroxyl groups is 1. The Balaban J connectivity index is 4.91. The molecule has 0 spiro atoms. The van der Waals surface area contributed by atoms with Gasteiger partial charge < -0.3 is 9.84 Å². The first-order valence-corrected chi connectivity index (χ1v) is 5.43. The van der Waals surface area contributed by atoms with Crippen molar-refractivity contribution in [2.24, 2.45) is 0 Å². The smallest absolute Gasteiger partial charge is 0.361 e. The molecule has 0 saturated heterocycles. The normalized spacial score (nSPS) is 16.9. The Kier molecular flexibility index (Phi) is 5.80. The van der Waals surface area contributed by atoms with Gasteiger partial charge in [-0.25, -0.2) is 0 Å². The van der Waals surface area contributed by atoms with E-state index >= 15 is 0 Å². The number of halogens is 5. The van der Waals surface area contributed by atoms with Crippen LogP contribution < -0.4 is 0 Å². The van der Waals surface area contributed by atoms with Gasteiger partial charge in [-0.15, -0.1) is 0 Å². The van der Waals surface area contributed by atoms with Gasteiger partial charge in [-0.2, -0.15) is 22.0 Å². The largest absolute Gasteiger partial charge is 0.459 e. The van der Waals surface area contributed by atoms with Crippen LogP contribution in [0.15, 0.2) is 0 Å². The second-order valence-corrected chi connectivity index (χ2v) is 3.75. The first-order valence-electron chi connectivity index (χ1n) is 5.43. The van der Waals surface area contributed by atoms with E-state index in [0.717, 1.165) is 0 Å². The monoisotopic (exact) mass is 264 g/mol. The summed E-state index contributed by atoms with van der Waals surface area (Å²) >= 11 is 0. The van der Waals surface area contributed by atoms with Crippen LogP contribution in [0.25, 0.3) is 0 Å². The highest BCUT2D eigenvalue weighted by atomic mass is 19.4. The quantitative estimate of drug-likeness (QED) is 0.433. The molecule has 0 aliphatic carbocycles. The summed E-state index contributed by atoms with van der Waals surface area (Å²) in [4.78, 5) is 0. The maximum atomic E-state index is 13.1. The number of hydrogen-bond donors (Lipinski definition) is 1. The molecule has 0 heterocycles. The van der Waals surface area contributed by atoms with Crippen molar-refractivity contribution in [2.75, 3.05) is 6.61 Å². The first kappa shape index (κ1) is 16.6. The van der Waals surface area contributed by atoms with Gasteiger partial charge in [0.2, 0.25) is 5.79 Å². The van der Waals surface area contributed by atoms with Crippen LogP contribution in [-0.2, 0) is 4.74 Å². The zero-order chi connectivity index (χ0) is 13.7. The van der Waals surface area contributed by atoms with Crippen LogP contribution in [0.5, 0.6) is 0 Å². The number of alkyl halides is 5. The molecule has 1 N–H and O–H groups in total. The highest BCUT2D eigenvalue weighted by molar-refractivity contribution is 4.91. The maximum Gasteiger partial charge on any atom is 0.459 e. The summed E-state index contributed by atoms with van der Waals surface area (Å²) in [5.74, 6) is -8.75. The molecule has 2 nitrogen and oxygen atoms in total. The molecule has 0 aliphatic heterocycles. The van der Waals surface area contributed by atoms with E-state index in [1.165, 1.54) is 6.92 Å². The van der Waals surface area contributed by atoms with Crippen molar-refractivity contribution < 1.29 is 31.8 Å². The van der Waals surface area contributed by atoms with Crippen LogP contribution in [0.1, 0.15) is 39.5 Å². The minimum absolute atomic E-state index is 0.0403. The minimum Gasteiger partial charge on any atom is -0.361 e. The fourth-order valence-electron chi connectivity index (χ4n) is 1.39. The topological polar surface area (TPSA) is 29.5 Å². The molecule has 1 unspecified atom stereocenters. The predicted octanol–water partition coefficient (Wildman–Crippen LogP) is 3.49. The van der Waals surface area contributed by atoms with Crippen molar-refractivity contribution in [3.05, 3.63) is 0 Å². The third kappa shape index (κ3) is 3.77. The Bertz CT molecular complexity index is 229. The van der Waals surface area contributed by atoms with Crippen LogP contribution in [-0.4, -0.2) is 29.6 Å². The lowest BCUT2D eigenvalue weighted by Gasteiger charge is -2.36. The third-order valence-corrected chi connectivity index (χ3v) is 2.35. The van der Waals surface area contributed by atoms with E-state index < -0.39 is 30.9 Å². The van der Waals surface area contributed by atoms with Gasteiger partial charge in [-0.05, 0) is 13.3 Å². The molecule has 0 fully saturated rings. The molecule has 7 heteroatoms. The van der Waals surface area contributed by atoms with Crippen LogP contribution in [0.3, 0.4) is 0 Å². The number of ether oxygens (including phenoxy) is 1. The molecule has 0 radical (unpaired) electrons. The van der Waals surface area contributed by atoms with E-state index in [1.54, 1.807) is 6.92 Å². The Morgan fingerprint density at radius 2 is 1.53 bits per heavy atom. The molecule has 0 aromatic carbocycles.